The van der Waals surface area contributed by atoms with Crippen LogP contribution in [0.1, 0.15) is 17.4 Å². The van der Waals surface area contributed by atoms with Gasteiger partial charge < -0.3 is 15.2 Å². The summed E-state index contributed by atoms with van der Waals surface area (Å²) in [4.78, 5) is 24.7. The van der Waals surface area contributed by atoms with Crippen molar-refractivity contribution in [1.29, 1.82) is 0 Å². The molecule has 1 aromatic heterocycles. The van der Waals surface area contributed by atoms with Crippen LogP contribution in [0.15, 0.2) is 36.5 Å². The second kappa shape index (κ2) is 6.35. The van der Waals surface area contributed by atoms with Crippen molar-refractivity contribution in [2.45, 2.75) is 12.5 Å². The number of nitrogens with zero attached hydrogens (tertiary/aromatic N) is 3. The van der Waals surface area contributed by atoms with Gasteiger partial charge in [-0.05, 0) is 19.1 Å². The Morgan fingerprint density at radius 3 is 2.64 bits per heavy atom. The Balaban J connectivity index is 2.17. The van der Waals surface area contributed by atoms with Crippen molar-refractivity contribution in [2.75, 3.05) is 13.7 Å². The number of hydrogen-bond donors (Lipinski definition) is 2. The number of hydrogen-bond acceptors (Lipinski definition) is 5. The van der Waals surface area contributed by atoms with E-state index in [1.165, 1.54) is 25.0 Å². The molecule has 1 aromatic carbocycles. The van der Waals surface area contributed by atoms with E-state index in [9.17, 15) is 14.7 Å². The molecule has 2 aromatic rings. The van der Waals surface area contributed by atoms with Gasteiger partial charge >= 0.3 is 5.97 Å². The van der Waals surface area contributed by atoms with E-state index in [0.717, 1.165) is 0 Å². The third-order valence-corrected chi connectivity index (χ3v) is 3.01. The smallest absolute Gasteiger partial charge is 0.331 e. The van der Waals surface area contributed by atoms with Gasteiger partial charge in [-0.25, -0.2) is 4.79 Å². The highest BCUT2D eigenvalue weighted by molar-refractivity contribution is 5.96. The number of carboxylic acids is 1. The van der Waals surface area contributed by atoms with Crippen LogP contribution in [0.3, 0.4) is 0 Å². The molecule has 0 aliphatic heterocycles. The summed E-state index contributed by atoms with van der Waals surface area (Å²) in [6, 6.07) is 9.06. The Morgan fingerprint density at radius 1 is 1.36 bits per heavy atom. The Labute approximate surface area is 126 Å². The minimum Gasteiger partial charge on any atom is -0.479 e. The molecule has 8 heteroatoms. The lowest BCUT2D eigenvalue weighted by atomic mass is 10.0. The van der Waals surface area contributed by atoms with Gasteiger partial charge in [-0.1, -0.05) is 18.2 Å². The van der Waals surface area contributed by atoms with E-state index in [2.05, 4.69) is 15.5 Å². The number of para-hydroxylation sites is 1. The summed E-state index contributed by atoms with van der Waals surface area (Å²) in [7, 11) is 1.36. The first-order chi connectivity index (χ1) is 10.5. The van der Waals surface area contributed by atoms with Crippen LogP contribution in [0.4, 0.5) is 0 Å². The van der Waals surface area contributed by atoms with E-state index >= 15 is 0 Å². The maximum Gasteiger partial charge on any atom is 0.331 e. The minimum atomic E-state index is -1.54. The number of methoxy groups -OCH3 is 1. The molecule has 0 radical (unpaired) electrons. The number of aromatic nitrogens is 3. The summed E-state index contributed by atoms with van der Waals surface area (Å²) in [6.07, 6.45) is 1.28. The van der Waals surface area contributed by atoms with Crippen molar-refractivity contribution >= 4 is 11.9 Å². The molecular formula is C14H16N4O4. The van der Waals surface area contributed by atoms with Crippen LogP contribution in [0, 0.1) is 0 Å². The summed E-state index contributed by atoms with van der Waals surface area (Å²) < 4.78 is 4.84. The quantitative estimate of drug-likeness (QED) is 0.804. The van der Waals surface area contributed by atoms with Gasteiger partial charge in [0.15, 0.2) is 11.2 Å². The monoisotopic (exact) mass is 304 g/mol. The SMILES string of the molecule is COCC(C)(NC(=O)c1cnn(-c2ccccc2)n1)C(=O)O. The fourth-order valence-corrected chi connectivity index (χ4v) is 1.81. The number of carboxylic acid groups (broad SMARTS) is 1. The van der Waals surface area contributed by atoms with Crippen molar-refractivity contribution < 1.29 is 19.4 Å². The summed E-state index contributed by atoms with van der Waals surface area (Å²) in [5.41, 5.74) is -0.825. The molecule has 1 unspecified atom stereocenters. The maximum atomic E-state index is 12.1. The van der Waals surface area contributed by atoms with Crippen molar-refractivity contribution in [3.05, 3.63) is 42.2 Å². The van der Waals surface area contributed by atoms with Crippen molar-refractivity contribution in [1.82, 2.24) is 20.3 Å². The number of carbonyl (C=O) groups excluding carboxylic acids is 1. The molecule has 0 saturated heterocycles. The van der Waals surface area contributed by atoms with Crippen LogP contribution in [0.5, 0.6) is 0 Å². The largest absolute Gasteiger partial charge is 0.479 e. The molecule has 0 spiro atoms. The molecule has 1 amide bonds. The van der Waals surface area contributed by atoms with Crippen molar-refractivity contribution in [3.63, 3.8) is 0 Å². The van der Waals surface area contributed by atoms with E-state index in [1.54, 1.807) is 12.1 Å². The lowest BCUT2D eigenvalue weighted by molar-refractivity contribution is -0.145. The van der Waals surface area contributed by atoms with E-state index in [1.807, 2.05) is 18.2 Å². The van der Waals surface area contributed by atoms with E-state index in [0.29, 0.717) is 5.69 Å². The van der Waals surface area contributed by atoms with Gasteiger partial charge in [0.05, 0.1) is 18.5 Å². The molecule has 8 nitrogen and oxygen atoms in total. The predicted molar refractivity (Wildman–Crippen MR) is 76.7 cm³/mol. The van der Waals surface area contributed by atoms with Crippen LogP contribution in [0.2, 0.25) is 0 Å². The average molecular weight is 304 g/mol. The average Bonchev–Trinajstić information content (AvgIpc) is 2.98. The summed E-state index contributed by atoms with van der Waals surface area (Å²) in [6.45, 7) is 1.19. The van der Waals surface area contributed by atoms with E-state index < -0.39 is 17.4 Å². The number of rotatable bonds is 6. The molecule has 0 saturated carbocycles. The van der Waals surface area contributed by atoms with Gasteiger partial charge in [-0.15, -0.1) is 5.10 Å². The third kappa shape index (κ3) is 3.29. The van der Waals surface area contributed by atoms with Gasteiger partial charge in [0.1, 0.15) is 0 Å². The zero-order valence-corrected chi connectivity index (χ0v) is 12.2. The van der Waals surface area contributed by atoms with Gasteiger partial charge in [-0.3, -0.25) is 4.79 Å². The first-order valence-electron chi connectivity index (χ1n) is 6.49. The predicted octanol–water partition coefficient (Wildman–Crippen LogP) is 0.487. The molecule has 2 N–H and O–H groups in total. The van der Waals surface area contributed by atoms with Gasteiger partial charge in [0, 0.05) is 7.11 Å². The number of ether oxygens (including phenoxy) is 1. The zero-order chi connectivity index (χ0) is 16.2. The fraction of sp³-hybridized carbons (Fsp3) is 0.286. The number of amides is 1. The van der Waals surface area contributed by atoms with Crippen LogP contribution in [-0.2, 0) is 9.53 Å². The molecule has 0 aliphatic carbocycles. The molecule has 2 rings (SSSR count). The van der Waals surface area contributed by atoms with Crippen LogP contribution in [0.25, 0.3) is 5.69 Å². The minimum absolute atomic E-state index is 0.0208. The standard InChI is InChI=1S/C14H16N4O4/c1-14(9-22-2,13(20)21)16-12(19)11-8-15-18(17-11)10-6-4-3-5-7-10/h3-8H,9H2,1-2H3,(H,16,19)(H,20,21). The number of benzene rings is 1. The molecular weight excluding hydrogens is 288 g/mol. The first kappa shape index (κ1) is 15.6. The van der Waals surface area contributed by atoms with Gasteiger partial charge in [0.2, 0.25) is 0 Å². The van der Waals surface area contributed by atoms with E-state index in [4.69, 9.17) is 4.74 Å². The highest BCUT2D eigenvalue weighted by Gasteiger charge is 2.35. The molecule has 0 fully saturated rings. The van der Waals surface area contributed by atoms with Crippen LogP contribution < -0.4 is 5.32 Å². The normalized spacial score (nSPS) is 13.4. The topological polar surface area (TPSA) is 106 Å². The molecule has 1 heterocycles. The fourth-order valence-electron chi connectivity index (χ4n) is 1.81. The lowest BCUT2D eigenvalue weighted by Crippen LogP contribution is -2.55. The highest BCUT2D eigenvalue weighted by atomic mass is 16.5. The Hall–Kier alpha value is -2.74. The third-order valence-electron chi connectivity index (χ3n) is 3.01. The number of carbonyl (C=O) groups is 2. The van der Waals surface area contributed by atoms with Crippen molar-refractivity contribution in [3.8, 4) is 5.69 Å². The summed E-state index contributed by atoms with van der Waals surface area (Å²) in [5, 5.41) is 19.6. The van der Waals surface area contributed by atoms with Gasteiger partial charge in [-0.2, -0.15) is 9.90 Å². The van der Waals surface area contributed by atoms with Crippen LogP contribution in [-0.4, -0.2) is 51.2 Å². The molecule has 22 heavy (non-hydrogen) atoms. The summed E-state index contributed by atoms with van der Waals surface area (Å²) >= 11 is 0. The molecule has 0 bridgehead atoms. The Bertz CT molecular complexity index is 670. The number of nitrogens with one attached hydrogen (secondary N) is 1. The maximum absolute atomic E-state index is 12.1. The first-order valence-corrected chi connectivity index (χ1v) is 6.49. The zero-order valence-electron chi connectivity index (χ0n) is 12.2. The van der Waals surface area contributed by atoms with Crippen LogP contribution >= 0.6 is 0 Å². The van der Waals surface area contributed by atoms with E-state index in [-0.39, 0.29) is 12.3 Å². The molecule has 1 atom stereocenters. The Kier molecular flexibility index (Phi) is 4.52. The second-order valence-corrected chi connectivity index (χ2v) is 4.88. The lowest BCUT2D eigenvalue weighted by Gasteiger charge is -2.24. The molecule has 116 valence electrons. The molecule has 0 aliphatic rings. The number of aliphatic carboxylic acids is 1. The van der Waals surface area contributed by atoms with Crippen molar-refractivity contribution in [2.24, 2.45) is 0 Å². The Morgan fingerprint density at radius 2 is 2.05 bits per heavy atom. The second-order valence-electron chi connectivity index (χ2n) is 4.88. The summed E-state index contributed by atoms with van der Waals surface area (Å²) in [5.74, 6) is -1.83. The van der Waals surface area contributed by atoms with Gasteiger partial charge in [0.25, 0.3) is 5.91 Å². The highest BCUT2D eigenvalue weighted by Crippen LogP contribution is 2.08.